The topological polar surface area (TPSA) is 27.7 Å². The second-order valence-electron chi connectivity index (χ2n) is 4.85. The van der Waals surface area contributed by atoms with E-state index in [1.807, 2.05) is 20.8 Å². The van der Waals surface area contributed by atoms with Crippen LogP contribution in [0.1, 0.15) is 37.5 Å². The molecule has 0 spiro atoms. The van der Waals surface area contributed by atoms with Crippen molar-refractivity contribution in [3.63, 3.8) is 0 Å². The van der Waals surface area contributed by atoms with Gasteiger partial charge in [-0.2, -0.15) is 0 Å². The van der Waals surface area contributed by atoms with Crippen LogP contribution in [-0.4, -0.2) is 28.6 Å². The van der Waals surface area contributed by atoms with Gasteiger partial charge in [0, 0.05) is 25.9 Å². The smallest absolute Gasteiger partial charge is 0.374 e. The molecule has 0 saturated heterocycles. The molecule has 0 aliphatic carbocycles. The van der Waals surface area contributed by atoms with Gasteiger partial charge in [-0.05, 0) is 57.7 Å². The van der Waals surface area contributed by atoms with Gasteiger partial charge in [0.2, 0.25) is 0 Å². The third-order valence-corrected chi connectivity index (χ3v) is 6.47. The van der Waals surface area contributed by atoms with E-state index in [2.05, 4.69) is 32.0 Å². The molecule has 0 bridgehead atoms. The van der Waals surface area contributed by atoms with Crippen LogP contribution in [-0.2, 0) is 19.7 Å². The van der Waals surface area contributed by atoms with Crippen LogP contribution in [0.2, 0.25) is 6.04 Å². The van der Waals surface area contributed by atoms with Crippen LogP contribution in [0.15, 0.2) is 18.2 Å². The second-order valence-corrected chi connectivity index (χ2v) is 7.58. The summed E-state index contributed by atoms with van der Waals surface area (Å²) in [5.41, 5.74) is 4.05. The molecule has 1 aromatic rings. The number of rotatable bonds is 9. The summed E-state index contributed by atoms with van der Waals surface area (Å²) in [4.78, 5) is 0. The lowest BCUT2D eigenvalue weighted by Crippen LogP contribution is -2.46. The predicted molar refractivity (Wildman–Crippen MR) is 85.1 cm³/mol. The Morgan fingerprint density at radius 3 is 1.70 bits per heavy atom. The Bertz CT molecular complexity index is 369. The summed E-state index contributed by atoms with van der Waals surface area (Å²) in [5, 5.41) is 0. The van der Waals surface area contributed by atoms with Crippen molar-refractivity contribution in [2.45, 2.75) is 47.1 Å². The van der Waals surface area contributed by atoms with Crippen LogP contribution in [0, 0.1) is 13.8 Å². The average molecular weight is 296 g/mol. The quantitative estimate of drug-likeness (QED) is 0.647. The van der Waals surface area contributed by atoms with E-state index in [0.717, 1.165) is 12.5 Å². The molecule has 114 valence electrons. The maximum atomic E-state index is 5.91. The van der Waals surface area contributed by atoms with Crippen molar-refractivity contribution in [2.24, 2.45) is 0 Å². The molecule has 20 heavy (non-hydrogen) atoms. The minimum atomic E-state index is -2.52. The average Bonchev–Trinajstić information content (AvgIpc) is 2.39. The molecule has 1 rings (SSSR count). The van der Waals surface area contributed by atoms with Crippen molar-refractivity contribution in [1.29, 1.82) is 0 Å². The zero-order chi connectivity index (χ0) is 15.0. The molecule has 0 amide bonds. The number of hydrogen-bond acceptors (Lipinski definition) is 3. The van der Waals surface area contributed by atoms with Crippen LogP contribution in [0.25, 0.3) is 0 Å². The lowest BCUT2D eigenvalue weighted by atomic mass is 10.0. The summed E-state index contributed by atoms with van der Waals surface area (Å²) in [5.74, 6) is 0. The van der Waals surface area contributed by atoms with Gasteiger partial charge in [-0.15, -0.1) is 0 Å². The number of benzene rings is 1. The maximum Gasteiger partial charge on any atom is 0.501 e. The van der Waals surface area contributed by atoms with E-state index in [1.54, 1.807) is 0 Å². The highest BCUT2D eigenvalue weighted by Gasteiger charge is 2.40. The third-order valence-electron chi connectivity index (χ3n) is 3.42. The Hall–Kier alpha value is -0.683. The first-order valence-corrected chi connectivity index (χ1v) is 9.48. The summed E-state index contributed by atoms with van der Waals surface area (Å²) in [7, 11) is -2.52. The molecule has 0 aromatic heterocycles. The highest BCUT2D eigenvalue weighted by molar-refractivity contribution is 6.60. The van der Waals surface area contributed by atoms with Crippen molar-refractivity contribution in [3.8, 4) is 0 Å². The van der Waals surface area contributed by atoms with Crippen molar-refractivity contribution < 1.29 is 13.3 Å². The molecule has 0 saturated carbocycles. The SMILES string of the molecule is CCO[Si](CCc1c(C)cccc1C)(OCC)OCC. The van der Waals surface area contributed by atoms with Gasteiger partial charge >= 0.3 is 8.80 Å². The molecule has 0 fully saturated rings. The monoisotopic (exact) mass is 296 g/mol. The predicted octanol–water partition coefficient (Wildman–Crippen LogP) is 3.89. The highest BCUT2D eigenvalue weighted by Crippen LogP contribution is 2.22. The van der Waals surface area contributed by atoms with E-state index in [-0.39, 0.29) is 0 Å². The van der Waals surface area contributed by atoms with E-state index < -0.39 is 8.80 Å². The lowest BCUT2D eigenvalue weighted by Gasteiger charge is -2.28. The Morgan fingerprint density at radius 1 is 0.850 bits per heavy atom. The maximum absolute atomic E-state index is 5.91. The Labute approximate surface area is 124 Å². The van der Waals surface area contributed by atoms with Crippen molar-refractivity contribution in [1.82, 2.24) is 0 Å². The summed E-state index contributed by atoms with van der Waals surface area (Å²) < 4.78 is 17.7. The van der Waals surface area contributed by atoms with Crippen LogP contribution >= 0.6 is 0 Å². The van der Waals surface area contributed by atoms with Crippen molar-refractivity contribution in [2.75, 3.05) is 19.8 Å². The zero-order valence-electron chi connectivity index (χ0n) is 13.5. The first-order chi connectivity index (χ1) is 9.58. The fraction of sp³-hybridized carbons (Fsp3) is 0.625. The molecule has 0 aliphatic rings. The van der Waals surface area contributed by atoms with E-state index in [4.69, 9.17) is 13.3 Å². The fourth-order valence-corrected chi connectivity index (χ4v) is 5.08. The molecule has 0 aliphatic heterocycles. The summed E-state index contributed by atoms with van der Waals surface area (Å²) in [6.07, 6.45) is 0.949. The number of hydrogen-bond donors (Lipinski definition) is 0. The normalized spacial score (nSPS) is 11.8. The molecule has 0 radical (unpaired) electrons. The Balaban J connectivity index is 2.84. The first kappa shape index (κ1) is 17.4. The lowest BCUT2D eigenvalue weighted by molar-refractivity contribution is 0.0714. The molecule has 0 atom stereocenters. The summed E-state index contributed by atoms with van der Waals surface area (Å²) in [6.45, 7) is 12.2. The van der Waals surface area contributed by atoms with Gasteiger partial charge in [-0.3, -0.25) is 0 Å². The van der Waals surface area contributed by atoms with Crippen molar-refractivity contribution >= 4 is 8.80 Å². The number of aryl methyl sites for hydroxylation is 2. The van der Waals surface area contributed by atoms with Crippen molar-refractivity contribution in [3.05, 3.63) is 34.9 Å². The van der Waals surface area contributed by atoms with Gasteiger partial charge in [0.15, 0.2) is 0 Å². The molecule has 0 N–H and O–H groups in total. The molecular weight excluding hydrogens is 268 g/mol. The molecule has 0 unspecified atom stereocenters. The van der Waals surface area contributed by atoms with Gasteiger partial charge in [0.1, 0.15) is 0 Å². The van der Waals surface area contributed by atoms with E-state index >= 15 is 0 Å². The van der Waals surface area contributed by atoms with E-state index in [0.29, 0.717) is 19.8 Å². The summed E-state index contributed by atoms with van der Waals surface area (Å²) in [6, 6.07) is 7.27. The van der Waals surface area contributed by atoms with Gasteiger partial charge in [0.05, 0.1) is 0 Å². The van der Waals surface area contributed by atoms with Gasteiger partial charge < -0.3 is 13.3 Å². The molecule has 4 heteroatoms. The van der Waals surface area contributed by atoms with E-state index in [9.17, 15) is 0 Å². The Morgan fingerprint density at radius 2 is 1.30 bits per heavy atom. The van der Waals surface area contributed by atoms with Gasteiger partial charge in [-0.25, -0.2) is 0 Å². The Kier molecular flexibility index (Phi) is 7.44. The van der Waals surface area contributed by atoms with Crippen LogP contribution in [0.4, 0.5) is 0 Å². The standard InChI is InChI=1S/C16H28O3Si/c1-6-17-20(18-7-2,19-8-3)13-12-16-14(4)10-9-11-15(16)5/h9-11H,6-8,12-13H2,1-5H3. The molecule has 0 heterocycles. The largest absolute Gasteiger partial charge is 0.501 e. The molecular formula is C16H28O3Si. The van der Waals surface area contributed by atoms with Crippen LogP contribution in [0.3, 0.4) is 0 Å². The highest BCUT2D eigenvalue weighted by atomic mass is 28.4. The second kappa shape index (κ2) is 8.57. The third kappa shape index (κ3) is 4.70. The zero-order valence-corrected chi connectivity index (χ0v) is 14.5. The van der Waals surface area contributed by atoms with E-state index in [1.165, 1.54) is 16.7 Å². The minimum absolute atomic E-state index is 0.638. The molecule has 1 aromatic carbocycles. The van der Waals surface area contributed by atoms with Crippen LogP contribution < -0.4 is 0 Å². The summed E-state index contributed by atoms with van der Waals surface area (Å²) >= 11 is 0. The fourth-order valence-electron chi connectivity index (χ4n) is 2.52. The minimum Gasteiger partial charge on any atom is -0.374 e. The van der Waals surface area contributed by atoms with Crippen LogP contribution in [0.5, 0.6) is 0 Å². The van der Waals surface area contributed by atoms with Gasteiger partial charge in [0.25, 0.3) is 0 Å². The van der Waals surface area contributed by atoms with Gasteiger partial charge in [-0.1, -0.05) is 18.2 Å². The first-order valence-electron chi connectivity index (χ1n) is 7.55. The molecule has 3 nitrogen and oxygen atoms in total.